The summed E-state index contributed by atoms with van der Waals surface area (Å²) in [6, 6.07) is 4.44. The number of benzene rings is 1. The van der Waals surface area contributed by atoms with Crippen LogP contribution in [0.1, 0.15) is 45.7 Å². The Morgan fingerprint density at radius 2 is 1.70 bits per heavy atom. The molecule has 0 bridgehead atoms. The minimum Gasteiger partial charge on any atom is -0.673 e. The van der Waals surface area contributed by atoms with E-state index in [1.807, 2.05) is 39.8 Å². The first-order valence-electron chi connectivity index (χ1n) is 9.03. The molecule has 0 amide bonds. The molecule has 1 aromatic carbocycles. The molecule has 0 aromatic heterocycles. The van der Waals surface area contributed by atoms with Gasteiger partial charge in [-0.3, -0.25) is 0 Å². The van der Waals surface area contributed by atoms with Crippen molar-refractivity contribution in [1.82, 2.24) is 0 Å². The first-order valence-corrected chi connectivity index (χ1v) is 11.3. The van der Waals surface area contributed by atoms with E-state index < -0.39 is 0 Å². The SMILES string of the molecule is C=CC=CC.CC(C)(C)[NH-].CC1=[C-]c2cc3c(cc2=C1)C=CC=3.C[SiH]C.[Ti+2]. The summed E-state index contributed by atoms with van der Waals surface area (Å²) in [6.07, 6.45) is 17.5. The third-order valence-electron chi connectivity index (χ3n) is 2.84. The molecule has 27 heavy (non-hydrogen) atoms. The first kappa shape index (κ1) is 28.0. The smallest absolute Gasteiger partial charge is 0.673 e. The van der Waals surface area contributed by atoms with E-state index in [2.05, 4.69) is 69.1 Å². The van der Waals surface area contributed by atoms with Crippen LogP contribution in [0.15, 0.2) is 48.6 Å². The maximum atomic E-state index is 6.94. The van der Waals surface area contributed by atoms with E-state index in [9.17, 15) is 0 Å². The molecule has 1 aromatic rings. The summed E-state index contributed by atoms with van der Waals surface area (Å²) in [5, 5.41) is 2.62. The molecule has 3 rings (SSSR count). The number of fused-ring (bicyclic) bond motifs is 2. The summed E-state index contributed by atoms with van der Waals surface area (Å²) < 4.78 is 0. The maximum Gasteiger partial charge on any atom is 2.00 e. The normalized spacial score (nSPS) is 12.2. The molecule has 2 aliphatic carbocycles. The van der Waals surface area contributed by atoms with Crippen LogP contribution in [0.25, 0.3) is 24.0 Å². The van der Waals surface area contributed by atoms with Crippen LogP contribution in [0.5, 0.6) is 0 Å². The molecular formula is C24H34NSiTi. The van der Waals surface area contributed by atoms with Gasteiger partial charge in [0.1, 0.15) is 0 Å². The predicted molar refractivity (Wildman–Crippen MR) is 123 cm³/mol. The van der Waals surface area contributed by atoms with Crippen LogP contribution >= 0.6 is 0 Å². The Bertz CT molecular complexity index is 772. The van der Waals surface area contributed by atoms with Crippen molar-refractivity contribution < 1.29 is 21.7 Å². The molecule has 0 atom stereocenters. The second-order valence-corrected chi connectivity index (χ2v) is 8.29. The van der Waals surface area contributed by atoms with E-state index in [0.29, 0.717) is 0 Å². The fourth-order valence-electron chi connectivity index (χ4n) is 2.04. The predicted octanol–water partition coefficient (Wildman–Crippen LogP) is 5.49. The third kappa shape index (κ3) is 13.6. The Labute approximate surface area is 184 Å². The van der Waals surface area contributed by atoms with E-state index in [-0.39, 0.29) is 27.3 Å². The topological polar surface area (TPSA) is 23.8 Å². The van der Waals surface area contributed by atoms with Crippen LogP contribution in [0.3, 0.4) is 0 Å². The zero-order valence-corrected chi connectivity index (χ0v) is 20.7. The first-order chi connectivity index (χ1) is 12.2. The molecule has 0 unspecified atom stereocenters. The van der Waals surface area contributed by atoms with Gasteiger partial charge in [-0.1, -0.05) is 95.1 Å². The van der Waals surface area contributed by atoms with Gasteiger partial charge in [0.05, 0.1) is 0 Å². The molecule has 1 nitrogen and oxygen atoms in total. The van der Waals surface area contributed by atoms with E-state index in [4.69, 9.17) is 5.73 Å². The summed E-state index contributed by atoms with van der Waals surface area (Å²) in [4.78, 5) is 0. The molecule has 0 aliphatic heterocycles. The number of nitrogens with one attached hydrogen (secondary N) is 1. The Morgan fingerprint density at radius 3 is 2.15 bits per heavy atom. The van der Waals surface area contributed by atoms with Gasteiger partial charge in [-0.15, -0.1) is 28.5 Å². The van der Waals surface area contributed by atoms with Gasteiger partial charge in [0.25, 0.3) is 0 Å². The molecule has 1 N–H and O–H groups in total. The van der Waals surface area contributed by atoms with Gasteiger partial charge in [-0.25, -0.2) is 0 Å². The molecule has 143 valence electrons. The summed E-state index contributed by atoms with van der Waals surface area (Å²) in [6.45, 7) is 17.5. The summed E-state index contributed by atoms with van der Waals surface area (Å²) >= 11 is 0. The van der Waals surface area contributed by atoms with E-state index in [1.54, 1.807) is 6.08 Å². The standard InChI is InChI=1S/C13H9.C5H8.C4H10N.C2H7Si.Ti/c1-9-5-12-7-10-3-2-4-11(10)8-13(12)6-9;1-3-5-4-2;1-4(2,3)5;1-3-2;/h2-5,7-8H,1H3;3-5H,1H2,2H3;5H,1-3H3;3H,1-2H3;/q-1;;-1;;+2. The zero-order chi connectivity index (χ0) is 20.2. The third-order valence-corrected chi connectivity index (χ3v) is 2.84. The van der Waals surface area contributed by atoms with Gasteiger partial charge in [-0.2, -0.15) is 11.6 Å². The summed E-state index contributed by atoms with van der Waals surface area (Å²) in [5.74, 6) is 0. The Kier molecular flexibility index (Phi) is 15.4. The molecule has 0 heterocycles. The average Bonchev–Trinajstić information content (AvgIpc) is 3.09. The molecule has 2 aliphatic rings. The van der Waals surface area contributed by atoms with Crippen LogP contribution in [0.2, 0.25) is 13.1 Å². The van der Waals surface area contributed by atoms with Crippen molar-refractivity contribution in [3.63, 3.8) is 0 Å². The average molecular weight is 412 g/mol. The van der Waals surface area contributed by atoms with Crippen LogP contribution in [-0.2, 0) is 21.7 Å². The Balaban J connectivity index is 0. The van der Waals surface area contributed by atoms with Gasteiger partial charge < -0.3 is 5.73 Å². The monoisotopic (exact) mass is 412 g/mol. The molecule has 1 radical (unpaired) electrons. The van der Waals surface area contributed by atoms with Crippen molar-refractivity contribution in [2.24, 2.45) is 0 Å². The molecular weight excluding hydrogens is 378 g/mol. The molecule has 0 fully saturated rings. The zero-order valence-electron chi connectivity index (χ0n) is 18.0. The van der Waals surface area contributed by atoms with Gasteiger partial charge >= 0.3 is 21.7 Å². The van der Waals surface area contributed by atoms with Crippen LogP contribution in [-0.4, -0.2) is 15.1 Å². The number of allylic oxidation sites excluding steroid dienone is 5. The molecule has 0 spiro atoms. The maximum absolute atomic E-state index is 6.94. The molecule has 3 heteroatoms. The fourth-order valence-corrected chi connectivity index (χ4v) is 2.04. The number of hydrogen-bond acceptors (Lipinski definition) is 0. The van der Waals surface area contributed by atoms with Crippen LogP contribution in [0.4, 0.5) is 0 Å². The Hall–Kier alpha value is -1.19. The second-order valence-electron chi connectivity index (χ2n) is 7.14. The van der Waals surface area contributed by atoms with Crippen LogP contribution in [0, 0.1) is 6.08 Å². The fraction of sp³-hybridized carbons (Fsp3) is 0.333. The summed E-state index contributed by atoms with van der Waals surface area (Å²) in [7, 11) is 0.750. The van der Waals surface area contributed by atoms with Gasteiger partial charge in [0.2, 0.25) is 0 Å². The summed E-state index contributed by atoms with van der Waals surface area (Å²) in [5.41, 5.74) is 10.5. The second kappa shape index (κ2) is 14.8. The van der Waals surface area contributed by atoms with E-state index in [0.717, 1.165) is 9.52 Å². The van der Waals surface area contributed by atoms with Gasteiger partial charge in [0, 0.05) is 9.52 Å². The van der Waals surface area contributed by atoms with Crippen molar-refractivity contribution in [3.8, 4) is 0 Å². The van der Waals surface area contributed by atoms with Gasteiger partial charge in [0.15, 0.2) is 0 Å². The van der Waals surface area contributed by atoms with Crippen molar-refractivity contribution in [1.29, 1.82) is 0 Å². The minimum absolute atomic E-state index is 0. The van der Waals surface area contributed by atoms with Crippen molar-refractivity contribution >= 4 is 27.7 Å². The largest absolute Gasteiger partial charge is 2.00 e. The number of hydrogen-bond donors (Lipinski definition) is 0. The van der Waals surface area contributed by atoms with E-state index >= 15 is 0 Å². The molecule has 0 saturated heterocycles. The molecule has 0 saturated carbocycles. The van der Waals surface area contributed by atoms with Crippen molar-refractivity contribution in [2.75, 3.05) is 0 Å². The number of rotatable bonds is 1. The van der Waals surface area contributed by atoms with E-state index in [1.165, 1.54) is 27.1 Å². The van der Waals surface area contributed by atoms with Crippen molar-refractivity contribution in [2.45, 2.75) is 53.3 Å². The quantitative estimate of drug-likeness (QED) is 0.331. The minimum atomic E-state index is -0.250. The van der Waals surface area contributed by atoms with Gasteiger partial charge in [-0.05, 0) is 12.5 Å². The van der Waals surface area contributed by atoms with Crippen LogP contribution < -0.4 is 10.4 Å². The van der Waals surface area contributed by atoms with Crippen molar-refractivity contribution in [3.05, 3.63) is 82.0 Å². The Morgan fingerprint density at radius 1 is 1.15 bits per heavy atom.